The normalized spacial score (nSPS) is 9.20. The number of rotatable bonds is 2. The Morgan fingerprint density at radius 1 is 1.80 bits per heavy atom. The van der Waals surface area contributed by atoms with Crippen LogP contribution in [0.2, 0.25) is 0 Å². The summed E-state index contributed by atoms with van der Waals surface area (Å²) >= 11 is 0. The molecule has 1 aromatic rings. The van der Waals surface area contributed by atoms with Crippen molar-refractivity contribution in [2.24, 2.45) is 0 Å². The maximum absolute atomic E-state index is 6.53. The van der Waals surface area contributed by atoms with Crippen LogP contribution >= 0.6 is 0 Å². The molecule has 1 heterocycles. The lowest BCUT2D eigenvalue weighted by atomic mass is 10.3. The molecule has 0 atom stereocenters. The molecular formula is C7H8N2O. The molecule has 0 fully saturated rings. The van der Waals surface area contributed by atoms with Gasteiger partial charge in [-0.2, -0.15) is 0 Å². The molecule has 1 rings (SSSR count). The van der Waals surface area contributed by atoms with Crippen LogP contribution in [-0.2, 0) is 6.42 Å². The minimum atomic E-state index is 0.492. The summed E-state index contributed by atoms with van der Waals surface area (Å²) in [6.45, 7) is 8.86. The molecule has 0 saturated heterocycles. The predicted molar refractivity (Wildman–Crippen MR) is 36.4 cm³/mol. The molecule has 0 aromatic carbocycles. The minimum absolute atomic E-state index is 0.492. The van der Waals surface area contributed by atoms with Crippen LogP contribution in [0.3, 0.4) is 0 Å². The standard InChI is InChI=1S/C7H8N2O/c1-6-5-7(9-10-6)3-4-8-2/h5H,3-4H2,1H3. The fourth-order valence-corrected chi connectivity index (χ4v) is 0.706. The molecule has 0 spiro atoms. The van der Waals surface area contributed by atoms with Crippen molar-refractivity contribution in [1.82, 2.24) is 5.16 Å². The van der Waals surface area contributed by atoms with E-state index in [1.54, 1.807) is 0 Å². The van der Waals surface area contributed by atoms with Crippen molar-refractivity contribution in [2.45, 2.75) is 13.3 Å². The fourth-order valence-electron chi connectivity index (χ4n) is 0.706. The van der Waals surface area contributed by atoms with E-state index < -0.39 is 0 Å². The van der Waals surface area contributed by atoms with Gasteiger partial charge in [-0.3, -0.25) is 0 Å². The smallest absolute Gasteiger partial charge is 0.220 e. The largest absolute Gasteiger partial charge is 0.361 e. The van der Waals surface area contributed by atoms with Gasteiger partial charge in [0.1, 0.15) is 5.76 Å². The second-order valence-corrected chi connectivity index (χ2v) is 2.06. The first-order valence-electron chi connectivity index (χ1n) is 3.08. The highest BCUT2D eigenvalue weighted by Crippen LogP contribution is 2.01. The highest BCUT2D eigenvalue weighted by molar-refractivity contribution is 5.04. The zero-order valence-corrected chi connectivity index (χ0v) is 5.79. The Kier molecular flexibility index (Phi) is 2.06. The summed E-state index contributed by atoms with van der Waals surface area (Å²) in [4.78, 5) is 3.21. The Balaban J connectivity index is 2.52. The third-order valence-corrected chi connectivity index (χ3v) is 1.16. The maximum atomic E-state index is 6.53. The molecule has 3 nitrogen and oxygen atoms in total. The molecular weight excluding hydrogens is 128 g/mol. The Morgan fingerprint density at radius 2 is 2.60 bits per heavy atom. The summed E-state index contributed by atoms with van der Waals surface area (Å²) in [5.74, 6) is 0.806. The van der Waals surface area contributed by atoms with Crippen LogP contribution in [0.1, 0.15) is 11.5 Å². The van der Waals surface area contributed by atoms with Crippen molar-refractivity contribution in [1.29, 1.82) is 0 Å². The zero-order chi connectivity index (χ0) is 7.40. The van der Waals surface area contributed by atoms with Crippen molar-refractivity contribution in [3.05, 3.63) is 28.9 Å². The van der Waals surface area contributed by atoms with Crippen molar-refractivity contribution in [2.75, 3.05) is 6.54 Å². The summed E-state index contributed by atoms with van der Waals surface area (Å²) in [5, 5.41) is 3.73. The van der Waals surface area contributed by atoms with Gasteiger partial charge in [-0.05, 0) is 6.92 Å². The van der Waals surface area contributed by atoms with Crippen LogP contribution in [0.4, 0.5) is 0 Å². The lowest BCUT2D eigenvalue weighted by Gasteiger charge is -1.79. The molecule has 0 unspecified atom stereocenters. The van der Waals surface area contributed by atoms with Crippen molar-refractivity contribution in [3.8, 4) is 0 Å². The van der Waals surface area contributed by atoms with E-state index in [9.17, 15) is 0 Å². The van der Waals surface area contributed by atoms with E-state index in [1.165, 1.54) is 0 Å². The van der Waals surface area contributed by atoms with E-state index in [4.69, 9.17) is 11.1 Å². The molecule has 0 aliphatic rings. The topological polar surface area (TPSA) is 30.4 Å². The van der Waals surface area contributed by atoms with Gasteiger partial charge < -0.3 is 9.37 Å². The quantitative estimate of drug-likeness (QED) is 0.576. The average Bonchev–Trinajstić information content (AvgIpc) is 2.31. The van der Waals surface area contributed by atoms with Crippen LogP contribution in [0.15, 0.2) is 10.6 Å². The van der Waals surface area contributed by atoms with Gasteiger partial charge in [0.15, 0.2) is 0 Å². The monoisotopic (exact) mass is 136 g/mol. The maximum Gasteiger partial charge on any atom is 0.220 e. The van der Waals surface area contributed by atoms with E-state index in [2.05, 4.69) is 10.0 Å². The SMILES string of the molecule is [C-]#[N+]CCc1cc(C)on1. The molecule has 1 aromatic heterocycles. The third-order valence-electron chi connectivity index (χ3n) is 1.16. The number of hydrogen-bond donors (Lipinski definition) is 0. The minimum Gasteiger partial charge on any atom is -0.361 e. The first kappa shape index (κ1) is 6.81. The average molecular weight is 136 g/mol. The predicted octanol–water partition coefficient (Wildman–Crippen LogP) is 1.44. The summed E-state index contributed by atoms with van der Waals surface area (Å²) in [6, 6.07) is 1.85. The third kappa shape index (κ3) is 1.59. The fraction of sp³-hybridized carbons (Fsp3) is 0.429. The molecule has 0 aliphatic carbocycles. The molecule has 52 valence electrons. The van der Waals surface area contributed by atoms with Gasteiger partial charge in [0.05, 0.1) is 12.1 Å². The Labute approximate surface area is 59.5 Å². The van der Waals surface area contributed by atoms with Gasteiger partial charge in [0, 0.05) is 6.07 Å². The molecule has 0 saturated carbocycles. The molecule has 10 heavy (non-hydrogen) atoms. The summed E-state index contributed by atoms with van der Waals surface area (Å²) in [7, 11) is 0. The van der Waals surface area contributed by atoms with Gasteiger partial charge in [-0.1, -0.05) is 5.16 Å². The first-order chi connectivity index (χ1) is 4.83. The number of nitrogens with zero attached hydrogens (tertiary/aromatic N) is 2. The summed E-state index contributed by atoms with van der Waals surface area (Å²) in [5.41, 5.74) is 0.869. The zero-order valence-electron chi connectivity index (χ0n) is 5.79. The van der Waals surface area contributed by atoms with Crippen LogP contribution in [0.25, 0.3) is 4.85 Å². The Morgan fingerprint density at radius 3 is 3.10 bits per heavy atom. The van der Waals surface area contributed by atoms with Gasteiger partial charge in [-0.15, -0.1) is 0 Å². The number of aryl methyl sites for hydroxylation is 1. The van der Waals surface area contributed by atoms with E-state index in [1.807, 2.05) is 13.0 Å². The van der Waals surface area contributed by atoms with E-state index in [-0.39, 0.29) is 0 Å². The van der Waals surface area contributed by atoms with Crippen LogP contribution < -0.4 is 0 Å². The van der Waals surface area contributed by atoms with E-state index in [0.717, 1.165) is 11.5 Å². The number of aromatic nitrogens is 1. The van der Waals surface area contributed by atoms with Gasteiger partial charge in [0.2, 0.25) is 6.54 Å². The van der Waals surface area contributed by atoms with Crippen LogP contribution in [0, 0.1) is 13.5 Å². The molecule has 3 heteroatoms. The van der Waals surface area contributed by atoms with Gasteiger partial charge in [0.25, 0.3) is 0 Å². The van der Waals surface area contributed by atoms with E-state index >= 15 is 0 Å². The van der Waals surface area contributed by atoms with Crippen molar-refractivity contribution in [3.63, 3.8) is 0 Å². The second kappa shape index (κ2) is 3.02. The number of hydrogen-bond acceptors (Lipinski definition) is 2. The van der Waals surface area contributed by atoms with Gasteiger partial charge >= 0.3 is 0 Å². The molecule has 0 amide bonds. The molecule has 0 N–H and O–H groups in total. The van der Waals surface area contributed by atoms with Crippen molar-refractivity contribution >= 4 is 0 Å². The highest BCUT2D eigenvalue weighted by Gasteiger charge is 1.99. The summed E-state index contributed by atoms with van der Waals surface area (Å²) < 4.78 is 4.81. The lowest BCUT2D eigenvalue weighted by Crippen LogP contribution is -1.85. The van der Waals surface area contributed by atoms with Crippen LogP contribution in [0.5, 0.6) is 0 Å². The lowest BCUT2D eigenvalue weighted by molar-refractivity contribution is 0.391. The van der Waals surface area contributed by atoms with Gasteiger partial charge in [-0.25, -0.2) is 6.57 Å². The van der Waals surface area contributed by atoms with Crippen molar-refractivity contribution < 1.29 is 4.52 Å². The van der Waals surface area contributed by atoms with Crippen LogP contribution in [-0.4, -0.2) is 11.7 Å². The highest BCUT2D eigenvalue weighted by atomic mass is 16.5. The molecule has 0 aliphatic heterocycles. The Bertz CT molecular complexity index is 246. The first-order valence-corrected chi connectivity index (χ1v) is 3.08. The summed E-state index contributed by atoms with van der Waals surface area (Å²) in [6.07, 6.45) is 0.695. The molecule has 0 bridgehead atoms. The second-order valence-electron chi connectivity index (χ2n) is 2.06. The van der Waals surface area contributed by atoms with E-state index in [0.29, 0.717) is 13.0 Å². The Hall–Kier alpha value is -1.30. The molecule has 0 radical (unpaired) electrons.